The molecule has 1 heterocycles. The Morgan fingerprint density at radius 2 is 1.76 bits per heavy atom. The molecular formula is C23H26N2O3S. The van der Waals surface area contributed by atoms with Crippen LogP contribution in [0.2, 0.25) is 0 Å². The van der Waals surface area contributed by atoms with Crippen molar-refractivity contribution in [2.45, 2.75) is 38.6 Å². The van der Waals surface area contributed by atoms with E-state index in [9.17, 15) is 9.59 Å². The van der Waals surface area contributed by atoms with Gasteiger partial charge in [-0.3, -0.25) is 9.59 Å². The van der Waals surface area contributed by atoms with Gasteiger partial charge >= 0.3 is 5.97 Å². The van der Waals surface area contributed by atoms with Crippen molar-refractivity contribution in [3.63, 3.8) is 0 Å². The summed E-state index contributed by atoms with van der Waals surface area (Å²) in [5.74, 6) is -0.228. The number of unbranched alkanes of at least 4 members (excludes halogenated alkanes) is 1. The highest BCUT2D eigenvalue weighted by molar-refractivity contribution is 7.18. The predicted molar refractivity (Wildman–Crippen MR) is 116 cm³/mol. The van der Waals surface area contributed by atoms with Gasteiger partial charge in [0.15, 0.2) is 0 Å². The van der Waals surface area contributed by atoms with Crippen molar-refractivity contribution < 1.29 is 14.3 Å². The molecule has 0 unspecified atom stereocenters. The van der Waals surface area contributed by atoms with E-state index >= 15 is 0 Å². The van der Waals surface area contributed by atoms with Gasteiger partial charge in [-0.15, -0.1) is 11.3 Å². The molecule has 0 aliphatic carbocycles. The lowest BCUT2D eigenvalue weighted by Gasteiger charge is -2.22. The zero-order valence-electron chi connectivity index (χ0n) is 16.7. The zero-order chi connectivity index (χ0) is 20.5. The van der Waals surface area contributed by atoms with E-state index in [4.69, 9.17) is 4.74 Å². The Kier molecular flexibility index (Phi) is 7.76. The Labute approximate surface area is 175 Å². The maximum Gasteiger partial charge on any atom is 0.307 e. The van der Waals surface area contributed by atoms with E-state index in [1.807, 2.05) is 48.5 Å². The molecular weight excluding hydrogens is 384 g/mol. The lowest BCUT2D eigenvalue weighted by molar-refractivity contribution is -0.142. The molecule has 152 valence electrons. The minimum atomic E-state index is -0.299. The maximum atomic E-state index is 12.8. The lowest BCUT2D eigenvalue weighted by Crippen LogP contribution is -2.32. The fourth-order valence-corrected chi connectivity index (χ4v) is 4.17. The minimum Gasteiger partial charge on any atom is -0.469 e. The first-order valence-electron chi connectivity index (χ1n) is 9.88. The van der Waals surface area contributed by atoms with Gasteiger partial charge in [-0.2, -0.15) is 0 Å². The van der Waals surface area contributed by atoms with Crippen molar-refractivity contribution in [3.05, 3.63) is 65.2 Å². The Balaban J connectivity index is 1.50. The molecule has 6 heteroatoms. The quantitative estimate of drug-likeness (QED) is 0.362. The van der Waals surface area contributed by atoms with Gasteiger partial charge in [0.05, 0.1) is 28.8 Å². The van der Waals surface area contributed by atoms with Crippen LogP contribution in [0.1, 0.15) is 36.3 Å². The summed E-state index contributed by atoms with van der Waals surface area (Å²) in [5, 5.41) is 1.12. The van der Waals surface area contributed by atoms with E-state index in [-0.39, 0.29) is 18.3 Å². The molecule has 0 fully saturated rings. The molecule has 3 aromatic rings. The molecule has 0 aliphatic heterocycles. The van der Waals surface area contributed by atoms with Crippen molar-refractivity contribution in [1.29, 1.82) is 0 Å². The lowest BCUT2D eigenvalue weighted by atomic mass is 10.1. The summed E-state index contributed by atoms with van der Waals surface area (Å²) in [7, 11) is 1.37. The Morgan fingerprint density at radius 1 is 1.00 bits per heavy atom. The molecule has 0 radical (unpaired) electrons. The second-order valence-electron chi connectivity index (χ2n) is 6.91. The topological polar surface area (TPSA) is 59.5 Å². The molecule has 3 rings (SSSR count). The number of para-hydroxylation sites is 1. The van der Waals surface area contributed by atoms with Gasteiger partial charge in [-0.1, -0.05) is 42.5 Å². The average Bonchev–Trinajstić information content (AvgIpc) is 3.17. The number of rotatable bonds is 10. The summed E-state index contributed by atoms with van der Waals surface area (Å²) in [6, 6.07) is 18.0. The monoisotopic (exact) mass is 410 g/mol. The summed E-state index contributed by atoms with van der Waals surface area (Å²) in [6.07, 6.45) is 3.28. The van der Waals surface area contributed by atoms with E-state index in [1.54, 1.807) is 16.2 Å². The first-order valence-corrected chi connectivity index (χ1v) is 10.7. The summed E-state index contributed by atoms with van der Waals surface area (Å²) in [4.78, 5) is 30.7. The van der Waals surface area contributed by atoms with E-state index in [0.717, 1.165) is 35.4 Å². The fourth-order valence-electron chi connectivity index (χ4n) is 3.16. The third-order valence-electron chi connectivity index (χ3n) is 4.75. The van der Waals surface area contributed by atoms with Crippen LogP contribution in [0.5, 0.6) is 0 Å². The molecule has 0 atom stereocenters. The molecule has 1 amide bonds. The highest BCUT2D eigenvalue weighted by Crippen LogP contribution is 2.23. The van der Waals surface area contributed by atoms with Crippen LogP contribution in [0.3, 0.4) is 0 Å². The number of esters is 1. The van der Waals surface area contributed by atoms with Crippen LogP contribution in [0, 0.1) is 0 Å². The third kappa shape index (κ3) is 6.39. The van der Waals surface area contributed by atoms with Gasteiger partial charge in [0.2, 0.25) is 5.91 Å². The van der Waals surface area contributed by atoms with Gasteiger partial charge in [0, 0.05) is 19.5 Å². The number of aryl methyl sites for hydroxylation is 1. The number of hydrogen-bond acceptors (Lipinski definition) is 5. The molecule has 0 N–H and O–H groups in total. The highest BCUT2D eigenvalue weighted by Gasteiger charge is 2.16. The van der Waals surface area contributed by atoms with Crippen molar-refractivity contribution in [2.24, 2.45) is 0 Å². The zero-order valence-corrected chi connectivity index (χ0v) is 17.5. The Bertz CT molecular complexity index is 906. The minimum absolute atomic E-state index is 0.0713. The van der Waals surface area contributed by atoms with Crippen LogP contribution < -0.4 is 0 Å². The second kappa shape index (κ2) is 10.7. The number of methoxy groups -OCH3 is 1. The fraction of sp³-hybridized carbons (Fsp3) is 0.348. The van der Waals surface area contributed by atoms with Gasteiger partial charge < -0.3 is 9.64 Å². The molecule has 5 nitrogen and oxygen atoms in total. The molecule has 0 aliphatic rings. The third-order valence-corrected chi connectivity index (χ3v) is 5.85. The van der Waals surface area contributed by atoms with Gasteiger partial charge in [-0.05, 0) is 37.0 Å². The maximum absolute atomic E-state index is 12.8. The van der Waals surface area contributed by atoms with Crippen LogP contribution in [-0.2, 0) is 27.3 Å². The molecule has 2 aromatic carbocycles. The van der Waals surface area contributed by atoms with Crippen molar-refractivity contribution >= 4 is 33.4 Å². The van der Waals surface area contributed by atoms with Gasteiger partial charge in [0.1, 0.15) is 0 Å². The SMILES string of the molecule is COC(=O)CCN(Cc1ccccc1)C(=O)CCCCc1nc2ccccc2s1. The number of amides is 1. The Morgan fingerprint density at radius 3 is 2.52 bits per heavy atom. The summed E-state index contributed by atoms with van der Waals surface area (Å²) >= 11 is 1.72. The van der Waals surface area contributed by atoms with Crippen LogP contribution in [0.15, 0.2) is 54.6 Å². The van der Waals surface area contributed by atoms with Gasteiger partial charge in [0.25, 0.3) is 0 Å². The first kappa shape index (κ1) is 21.0. The molecule has 0 saturated carbocycles. The molecule has 1 aromatic heterocycles. The Hall–Kier alpha value is -2.73. The number of ether oxygens (including phenoxy) is 1. The number of carbonyl (C=O) groups excluding carboxylic acids is 2. The summed E-state index contributed by atoms with van der Waals surface area (Å²) in [5.41, 5.74) is 2.10. The largest absolute Gasteiger partial charge is 0.469 e. The van der Waals surface area contributed by atoms with Crippen LogP contribution in [0.4, 0.5) is 0 Å². The second-order valence-corrected chi connectivity index (χ2v) is 8.02. The number of benzene rings is 2. The van der Waals surface area contributed by atoms with E-state index in [2.05, 4.69) is 11.1 Å². The van der Waals surface area contributed by atoms with Gasteiger partial charge in [-0.25, -0.2) is 4.98 Å². The number of aromatic nitrogens is 1. The van der Waals surface area contributed by atoms with E-state index < -0.39 is 0 Å². The number of fused-ring (bicyclic) bond motifs is 1. The first-order chi connectivity index (χ1) is 14.2. The van der Waals surface area contributed by atoms with E-state index in [1.165, 1.54) is 11.8 Å². The van der Waals surface area contributed by atoms with Crippen LogP contribution in [-0.4, -0.2) is 35.4 Å². The molecule has 0 bridgehead atoms. The predicted octanol–water partition coefficient (Wildman–Crippen LogP) is 4.60. The highest BCUT2D eigenvalue weighted by atomic mass is 32.1. The van der Waals surface area contributed by atoms with Crippen LogP contribution >= 0.6 is 11.3 Å². The van der Waals surface area contributed by atoms with Crippen molar-refractivity contribution in [1.82, 2.24) is 9.88 Å². The molecule has 0 spiro atoms. The number of thiazole rings is 1. The number of carbonyl (C=O) groups is 2. The number of hydrogen-bond donors (Lipinski definition) is 0. The normalized spacial score (nSPS) is 10.8. The number of nitrogens with zero attached hydrogens (tertiary/aromatic N) is 2. The molecule has 0 saturated heterocycles. The van der Waals surface area contributed by atoms with E-state index in [0.29, 0.717) is 19.5 Å². The standard InChI is InChI=1S/C23H26N2O3S/c1-28-23(27)15-16-25(17-18-9-3-2-4-10-18)22(26)14-8-7-13-21-24-19-11-5-6-12-20(19)29-21/h2-6,9-12H,7-8,13-17H2,1H3. The average molecular weight is 411 g/mol. The van der Waals surface area contributed by atoms with Crippen molar-refractivity contribution in [2.75, 3.05) is 13.7 Å². The smallest absolute Gasteiger partial charge is 0.307 e. The van der Waals surface area contributed by atoms with Crippen LogP contribution in [0.25, 0.3) is 10.2 Å². The summed E-state index contributed by atoms with van der Waals surface area (Å²) in [6.45, 7) is 0.882. The summed E-state index contributed by atoms with van der Waals surface area (Å²) < 4.78 is 5.92. The molecule has 29 heavy (non-hydrogen) atoms. The van der Waals surface area contributed by atoms with Crippen molar-refractivity contribution in [3.8, 4) is 0 Å².